The van der Waals surface area contributed by atoms with Crippen LogP contribution in [0, 0.1) is 11.8 Å². The first kappa shape index (κ1) is 12.3. The van der Waals surface area contributed by atoms with Crippen molar-refractivity contribution in [3.8, 4) is 0 Å². The van der Waals surface area contributed by atoms with Gasteiger partial charge in [0.05, 0.1) is 0 Å². The number of urea groups is 1. The molecule has 0 saturated carbocycles. The van der Waals surface area contributed by atoms with Crippen molar-refractivity contribution in [3.63, 3.8) is 0 Å². The molecule has 1 saturated heterocycles. The predicted molar refractivity (Wildman–Crippen MR) is 61.8 cm³/mol. The third-order valence-corrected chi connectivity index (χ3v) is 2.90. The fourth-order valence-corrected chi connectivity index (χ4v) is 1.94. The molecule has 0 bridgehead atoms. The summed E-state index contributed by atoms with van der Waals surface area (Å²) in [7, 11) is 0. The van der Waals surface area contributed by atoms with Gasteiger partial charge in [-0.05, 0) is 45.2 Å². The lowest BCUT2D eigenvalue weighted by Gasteiger charge is -2.15. The van der Waals surface area contributed by atoms with Crippen molar-refractivity contribution in [3.05, 3.63) is 0 Å². The molecule has 88 valence electrons. The van der Waals surface area contributed by atoms with Gasteiger partial charge in [-0.15, -0.1) is 0 Å². The normalized spacial score (nSPS) is 25.6. The number of amides is 2. The highest BCUT2D eigenvalue weighted by Crippen LogP contribution is 2.18. The maximum Gasteiger partial charge on any atom is 0.314 e. The Labute approximate surface area is 92.2 Å². The van der Waals surface area contributed by atoms with Gasteiger partial charge in [0.25, 0.3) is 0 Å². The van der Waals surface area contributed by atoms with Crippen molar-refractivity contribution in [1.29, 1.82) is 0 Å². The van der Waals surface area contributed by atoms with Crippen LogP contribution in [0.3, 0.4) is 0 Å². The van der Waals surface area contributed by atoms with Gasteiger partial charge >= 0.3 is 6.03 Å². The molecule has 3 N–H and O–H groups in total. The summed E-state index contributed by atoms with van der Waals surface area (Å²) >= 11 is 0. The van der Waals surface area contributed by atoms with Crippen molar-refractivity contribution in [2.45, 2.75) is 33.2 Å². The molecule has 0 aromatic heterocycles. The highest BCUT2D eigenvalue weighted by Gasteiger charge is 2.22. The van der Waals surface area contributed by atoms with Crippen molar-refractivity contribution in [2.24, 2.45) is 11.8 Å². The summed E-state index contributed by atoms with van der Waals surface area (Å²) in [6.45, 7) is 9.16. The van der Waals surface area contributed by atoms with Gasteiger partial charge in [-0.1, -0.05) is 6.92 Å². The standard InChI is InChI=1S/C11H23N3O/c1-8(2)14-11(15)13-5-4-10-7-12-6-9(10)3/h8-10,12H,4-7H2,1-3H3,(H2,13,14,15)/t9-,10-/m1/s1. The maximum atomic E-state index is 11.3. The van der Waals surface area contributed by atoms with E-state index in [0.717, 1.165) is 32.0 Å². The van der Waals surface area contributed by atoms with Gasteiger partial charge in [-0.2, -0.15) is 0 Å². The molecule has 0 radical (unpaired) electrons. The fourth-order valence-electron chi connectivity index (χ4n) is 1.94. The number of hydrogen-bond acceptors (Lipinski definition) is 2. The van der Waals surface area contributed by atoms with Gasteiger partial charge in [-0.3, -0.25) is 0 Å². The first-order valence-electron chi connectivity index (χ1n) is 5.84. The molecule has 0 aliphatic carbocycles. The maximum absolute atomic E-state index is 11.3. The zero-order chi connectivity index (χ0) is 11.3. The molecule has 1 heterocycles. The van der Waals surface area contributed by atoms with E-state index in [9.17, 15) is 4.79 Å². The van der Waals surface area contributed by atoms with Crippen molar-refractivity contribution in [2.75, 3.05) is 19.6 Å². The minimum Gasteiger partial charge on any atom is -0.338 e. The Morgan fingerprint density at radius 2 is 2.20 bits per heavy atom. The smallest absolute Gasteiger partial charge is 0.314 e. The average molecular weight is 213 g/mol. The second-order valence-corrected chi connectivity index (χ2v) is 4.74. The van der Waals surface area contributed by atoms with Crippen LogP contribution < -0.4 is 16.0 Å². The lowest BCUT2D eigenvalue weighted by molar-refractivity contribution is 0.237. The number of hydrogen-bond donors (Lipinski definition) is 3. The molecule has 0 unspecified atom stereocenters. The van der Waals surface area contributed by atoms with Crippen LogP contribution in [0.5, 0.6) is 0 Å². The Morgan fingerprint density at radius 3 is 2.73 bits per heavy atom. The fraction of sp³-hybridized carbons (Fsp3) is 0.909. The Kier molecular flexibility index (Phi) is 4.88. The van der Waals surface area contributed by atoms with Crippen LogP contribution in [-0.4, -0.2) is 31.7 Å². The van der Waals surface area contributed by atoms with E-state index in [1.807, 2.05) is 13.8 Å². The molecule has 2 amide bonds. The van der Waals surface area contributed by atoms with Crippen molar-refractivity contribution >= 4 is 6.03 Å². The number of carbonyl (C=O) groups excluding carboxylic acids is 1. The van der Waals surface area contributed by atoms with Crippen LogP contribution >= 0.6 is 0 Å². The zero-order valence-corrected chi connectivity index (χ0v) is 9.97. The molecule has 4 nitrogen and oxygen atoms in total. The van der Waals surface area contributed by atoms with E-state index in [4.69, 9.17) is 0 Å². The third-order valence-electron chi connectivity index (χ3n) is 2.90. The second kappa shape index (κ2) is 5.95. The quantitative estimate of drug-likeness (QED) is 0.651. The Balaban J connectivity index is 2.08. The molecule has 0 aromatic rings. The Bertz CT molecular complexity index is 206. The van der Waals surface area contributed by atoms with Crippen LogP contribution in [-0.2, 0) is 0 Å². The minimum atomic E-state index is -0.0522. The van der Waals surface area contributed by atoms with Gasteiger partial charge in [0, 0.05) is 12.6 Å². The van der Waals surface area contributed by atoms with E-state index in [2.05, 4.69) is 22.9 Å². The van der Waals surface area contributed by atoms with E-state index >= 15 is 0 Å². The molecule has 4 heteroatoms. The Hall–Kier alpha value is -0.770. The molecule has 1 rings (SSSR count). The average Bonchev–Trinajstić information content (AvgIpc) is 2.50. The number of rotatable bonds is 4. The molecule has 0 spiro atoms. The van der Waals surface area contributed by atoms with Crippen LogP contribution in [0.1, 0.15) is 27.2 Å². The Morgan fingerprint density at radius 1 is 1.47 bits per heavy atom. The van der Waals surface area contributed by atoms with Crippen molar-refractivity contribution in [1.82, 2.24) is 16.0 Å². The topological polar surface area (TPSA) is 53.2 Å². The summed E-state index contributed by atoms with van der Waals surface area (Å²) in [5.74, 6) is 1.45. The zero-order valence-electron chi connectivity index (χ0n) is 9.97. The summed E-state index contributed by atoms with van der Waals surface area (Å²) in [6.07, 6.45) is 1.07. The van der Waals surface area contributed by atoms with Crippen LogP contribution in [0.2, 0.25) is 0 Å². The molecule has 1 aliphatic heterocycles. The highest BCUT2D eigenvalue weighted by molar-refractivity contribution is 5.73. The van der Waals surface area contributed by atoms with Gasteiger partial charge in [-0.25, -0.2) is 4.79 Å². The van der Waals surface area contributed by atoms with Crippen LogP contribution in [0.4, 0.5) is 4.79 Å². The second-order valence-electron chi connectivity index (χ2n) is 4.74. The van der Waals surface area contributed by atoms with Gasteiger partial charge in [0.1, 0.15) is 0 Å². The van der Waals surface area contributed by atoms with Crippen molar-refractivity contribution < 1.29 is 4.79 Å². The van der Waals surface area contributed by atoms with Crippen LogP contribution in [0.25, 0.3) is 0 Å². The first-order valence-corrected chi connectivity index (χ1v) is 5.84. The van der Waals surface area contributed by atoms with E-state index in [-0.39, 0.29) is 12.1 Å². The summed E-state index contributed by atoms with van der Waals surface area (Å²) in [4.78, 5) is 11.3. The third kappa shape index (κ3) is 4.51. The van der Waals surface area contributed by atoms with Gasteiger partial charge in [0.15, 0.2) is 0 Å². The lowest BCUT2D eigenvalue weighted by atomic mass is 9.95. The molecule has 0 aromatic carbocycles. The summed E-state index contributed by atoms with van der Waals surface area (Å²) < 4.78 is 0. The van der Waals surface area contributed by atoms with E-state index in [1.165, 1.54) is 0 Å². The lowest BCUT2D eigenvalue weighted by Crippen LogP contribution is -2.40. The first-order chi connectivity index (χ1) is 7.09. The summed E-state index contributed by atoms with van der Waals surface area (Å²) in [5.41, 5.74) is 0. The van der Waals surface area contributed by atoms with Crippen LogP contribution in [0.15, 0.2) is 0 Å². The monoisotopic (exact) mass is 213 g/mol. The SMILES string of the molecule is CC(C)NC(=O)NCC[C@@H]1CNC[C@H]1C. The predicted octanol–water partition coefficient (Wildman–Crippen LogP) is 0.940. The van der Waals surface area contributed by atoms with E-state index in [1.54, 1.807) is 0 Å². The van der Waals surface area contributed by atoms with Gasteiger partial charge < -0.3 is 16.0 Å². The molecule has 15 heavy (non-hydrogen) atoms. The molecule has 2 atom stereocenters. The van der Waals surface area contributed by atoms with E-state index in [0.29, 0.717) is 5.92 Å². The number of carbonyl (C=O) groups is 1. The minimum absolute atomic E-state index is 0.0522. The highest BCUT2D eigenvalue weighted by atomic mass is 16.2. The largest absolute Gasteiger partial charge is 0.338 e. The summed E-state index contributed by atoms with van der Waals surface area (Å²) in [6, 6.07) is 0.153. The summed E-state index contributed by atoms with van der Waals surface area (Å²) in [5, 5.41) is 9.06. The molecular formula is C11H23N3O. The van der Waals surface area contributed by atoms with E-state index < -0.39 is 0 Å². The molecule has 1 aliphatic rings. The van der Waals surface area contributed by atoms with Gasteiger partial charge in [0.2, 0.25) is 0 Å². The molecular weight excluding hydrogens is 190 g/mol. The number of nitrogens with one attached hydrogen (secondary N) is 3. The molecule has 1 fully saturated rings.